The van der Waals surface area contributed by atoms with Gasteiger partial charge in [-0.2, -0.15) is 5.10 Å². The van der Waals surface area contributed by atoms with E-state index in [2.05, 4.69) is 15.5 Å². The number of halogens is 2. The lowest BCUT2D eigenvalue weighted by Crippen LogP contribution is -2.36. The summed E-state index contributed by atoms with van der Waals surface area (Å²) in [6.45, 7) is 4.14. The summed E-state index contributed by atoms with van der Waals surface area (Å²) in [7, 11) is 0. The summed E-state index contributed by atoms with van der Waals surface area (Å²) in [5, 5.41) is 8.59. The van der Waals surface area contributed by atoms with E-state index in [4.69, 9.17) is 0 Å². The molecular formula is C17H17F2N3O2. The standard InChI is InChI=1S/C17H17F2N3O2/c1-16(2)8-17(16,11-4-3-10(18)7-12(11)19)9-20-15(24)13-5-6-14(23)22-21-13/h3-7H,8-9H2,1-2H3,(H,20,24)(H,22,23). The molecule has 1 aromatic heterocycles. The predicted molar refractivity (Wildman–Crippen MR) is 83.6 cm³/mol. The second kappa shape index (κ2) is 5.51. The Labute approximate surface area is 137 Å². The maximum absolute atomic E-state index is 14.2. The van der Waals surface area contributed by atoms with Crippen LogP contribution in [-0.4, -0.2) is 22.6 Å². The van der Waals surface area contributed by atoms with Crippen molar-refractivity contribution in [2.24, 2.45) is 5.41 Å². The molecule has 1 heterocycles. The second-order valence-electron chi connectivity index (χ2n) is 6.76. The molecule has 2 aromatic rings. The minimum atomic E-state index is -0.633. The van der Waals surface area contributed by atoms with Gasteiger partial charge in [0, 0.05) is 24.1 Å². The summed E-state index contributed by atoms with van der Waals surface area (Å²) in [5.41, 5.74) is -0.758. The number of H-pyrrole nitrogens is 1. The Morgan fingerprint density at radius 2 is 2.00 bits per heavy atom. The fourth-order valence-electron chi connectivity index (χ4n) is 3.24. The van der Waals surface area contributed by atoms with Crippen molar-refractivity contribution in [2.75, 3.05) is 6.54 Å². The maximum atomic E-state index is 14.2. The van der Waals surface area contributed by atoms with Gasteiger partial charge in [-0.25, -0.2) is 13.9 Å². The van der Waals surface area contributed by atoms with Crippen LogP contribution in [0.1, 0.15) is 36.3 Å². The lowest BCUT2D eigenvalue weighted by Gasteiger charge is -2.22. The van der Waals surface area contributed by atoms with Crippen molar-refractivity contribution in [1.29, 1.82) is 0 Å². The molecule has 2 N–H and O–H groups in total. The van der Waals surface area contributed by atoms with Gasteiger partial charge in [0.05, 0.1) is 0 Å². The van der Waals surface area contributed by atoms with Crippen molar-refractivity contribution in [3.63, 3.8) is 0 Å². The van der Waals surface area contributed by atoms with E-state index in [-0.39, 0.29) is 17.7 Å². The molecule has 1 aromatic carbocycles. The Morgan fingerprint density at radius 3 is 2.54 bits per heavy atom. The van der Waals surface area contributed by atoms with E-state index in [1.165, 1.54) is 24.3 Å². The molecule has 1 amide bonds. The Kier molecular flexibility index (Phi) is 3.74. The molecule has 0 saturated heterocycles. The summed E-state index contributed by atoms with van der Waals surface area (Å²) in [6.07, 6.45) is 0.669. The van der Waals surface area contributed by atoms with Gasteiger partial charge < -0.3 is 5.32 Å². The number of hydrogen-bond donors (Lipinski definition) is 2. The molecule has 0 spiro atoms. The van der Waals surface area contributed by atoms with Crippen molar-refractivity contribution in [2.45, 2.75) is 25.7 Å². The topological polar surface area (TPSA) is 74.8 Å². The lowest BCUT2D eigenvalue weighted by atomic mass is 9.87. The van der Waals surface area contributed by atoms with E-state index >= 15 is 0 Å². The minimum absolute atomic E-state index is 0.0720. The van der Waals surface area contributed by atoms with Gasteiger partial charge in [-0.1, -0.05) is 19.9 Å². The lowest BCUT2D eigenvalue weighted by molar-refractivity contribution is 0.0941. The average molecular weight is 333 g/mol. The van der Waals surface area contributed by atoms with Crippen LogP contribution in [0.3, 0.4) is 0 Å². The normalized spacial score (nSPS) is 21.3. The molecule has 7 heteroatoms. The highest BCUT2D eigenvalue weighted by Gasteiger charge is 2.62. The average Bonchev–Trinajstić information content (AvgIpc) is 3.08. The van der Waals surface area contributed by atoms with Crippen LogP contribution in [0.5, 0.6) is 0 Å². The zero-order valence-electron chi connectivity index (χ0n) is 13.3. The number of nitrogens with one attached hydrogen (secondary N) is 2. The van der Waals surface area contributed by atoms with Gasteiger partial charge in [-0.3, -0.25) is 9.59 Å². The highest BCUT2D eigenvalue weighted by atomic mass is 19.1. The van der Waals surface area contributed by atoms with Crippen LogP contribution in [0, 0.1) is 17.0 Å². The van der Waals surface area contributed by atoms with Crippen LogP contribution in [-0.2, 0) is 5.41 Å². The van der Waals surface area contributed by atoms with Crippen LogP contribution < -0.4 is 10.9 Å². The molecule has 126 valence electrons. The first-order chi connectivity index (χ1) is 11.2. The zero-order chi connectivity index (χ0) is 17.5. The van der Waals surface area contributed by atoms with Gasteiger partial charge in [-0.05, 0) is 29.5 Å². The Bertz CT molecular complexity index is 843. The van der Waals surface area contributed by atoms with Crippen LogP contribution in [0.4, 0.5) is 8.78 Å². The van der Waals surface area contributed by atoms with Gasteiger partial charge >= 0.3 is 0 Å². The van der Waals surface area contributed by atoms with Crippen LogP contribution in [0.25, 0.3) is 0 Å². The summed E-state index contributed by atoms with van der Waals surface area (Å²) in [6, 6.07) is 6.04. The molecule has 1 fully saturated rings. The number of aromatic amines is 1. The molecular weight excluding hydrogens is 316 g/mol. The van der Waals surface area contributed by atoms with E-state index in [1.807, 2.05) is 13.8 Å². The quantitative estimate of drug-likeness (QED) is 0.900. The Balaban J connectivity index is 1.82. The second-order valence-corrected chi connectivity index (χ2v) is 6.76. The third-order valence-electron chi connectivity index (χ3n) is 4.82. The molecule has 1 aliphatic carbocycles. The molecule has 0 bridgehead atoms. The number of rotatable bonds is 4. The SMILES string of the molecule is CC1(C)CC1(CNC(=O)c1ccc(=O)[nH]n1)c1ccc(F)cc1F. The van der Waals surface area contributed by atoms with Gasteiger partial charge in [0.2, 0.25) is 0 Å². The summed E-state index contributed by atoms with van der Waals surface area (Å²) in [5.74, 6) is -1.71. The summed E-state index contributed by atoms with van der Waals surface area (Å²) >= 11 is 0. The molecule has 0 aliphatic heterocycles. The summed E-state index contributed by atoms with van der Waals surface area (Å²) < 4.78 is 27.4. The molecule has 1 aliphatic rings. The molecule has 24 heavy (non-hydrogen) atoms. The first kappa shape index (κ1) is 16.3. The number of benzene rings is 1. The highest BCUT2D eigenvalue weighted by Crippen LogP contribution is 2.64. The number of hydrogen-bond acceptors (Lipinski definition) is 3. The predicted octanol–water partition coefficient (Wildman–Crippen LogP) is 2.15. The fraction of sp³-hybridized carbons (Fsp3) is 0.353. The van der Waals surface area contributed by atoms with Gasteiger partial charge in [-0.15, -0.1) is 0 Å². The fourth-order valence-corrected chi connectivity index (χ4v) is 3.24. The molecule has 1 atom stereocenters. The number of carbonyl (C=O) groups excluding carboxylic acids is 1. The van der Waals surface area contributed by atoms with E-state index in [9.17, 15) is 18.4 Å². The first-order valence-corrected chi connectivity index (χ1v) is 7.55. The van der Waals surface area contributed by atoms with Crippen molar-refractivity contribution in [1.82, 2.24) is 15.5 Å². The zero-order valence-corrected chi connectivity index (χ0v) is 13.3. The number of carbonyl (C=O) groups is 1. The van der Waals surface area contributed by atoms with Crippen molar-refractivity contribution in [3.05, 3.63) is 63.6 Å². The highest BCUT2D eigenvalue weighted by molar-refractivity contribution is 5.92. The Morgan fingerprint density at radius 1 is 1.29 bits per heavy atom. The van der Waals surface area contributed by atoms with Crippen molar-refractivity contribution < 1.29 is 13.6 Å². The van der Waals surface area contributed by atoms with Crippen molar-refractivity contribution in [3.8, 4) is 0 Å². The number of aromatic nitrogens is 2. The number of nitrogens with zero attached hydrogens (tertiary/aromatic N) is 1. The van der Waals surface area contributed by atoms with Crippen LogP contribution in [0.15, 0.2) is 35.1 Å². The van der Waals surface area contributed by atoms with Crippen molar-refractivity contribution >= 4 is 5.91 Å². The van der Waals surface area contributed by atoms with E-state index in [0.29, 0.717) is 12.0 Å². The first-order valence-electron chi connectivity index (χ1n) is 7.55. The van der Waals surface area contributed by atoms with Crippen LogP contribution >= 0.6 is 0 Å². The van der Waals surface area contributed by atoms with Crippen LogP contribution in [0.2, 0.25) is 0 Å². The smallest absolute Gasteiger partial charge is 0.271 e. The van der Waals surface area contributed by atoms with Gasteiger partial charge in [0.1, 0.15) is 17.3 Å². The third-order valence-corrected chi connectivity index (χ3v) is 4.82. The largest absolute Gasteiger partial charge is 0.350 e. The third kappa shape index (κ3) is 2.70. The maximum Gasteiger partial charge on any atom is 0.271 e. The Hall–Kier alpha value is -2.57. The molecule has 1 saturated carbocycles. The number of amides is 1. The molecule has 1 unspecified atom stereocenters. The minimum Gasteiger partial charge on any atom is -0.350 e. The van der Waals surface area contributed by atoms with E-state index in [1.54, 1.807) is 0 Å². The van der Waals surface area contributed by atoms with Gasteiger partial charge in [0.25, 0.3) is 11.5 Å². The van der Waals surface area contributed by atoms with E-state index < -0.39 is 28.5 Å². The monoisotopic (exact) mass is 333 g/mol. The molecule has 5 nitrogen and oxygen atoms in total. The summed E-state index contributed by atoms with van der Waals surface area (Å²) in [4.78, 5) is 23.1. The molecule has 0 radical (unpaired) electrons. The molecule has 3 rings (SSSR count). The van der Waals surface area contributed by atoms with E-state index in [0.717, 1.165) is 6.07 Å². The van der Waals surface area contributed by atoms with Gasteiger partial charge in [0.15, 0.2) is 0 Å².